The van der Waals surface area contributed by atoms with Gasteiger partial charge in [0, 0.05) is 36.3 Å². The number of anilines is 1. The van der Waals surface area contributed by atoms with Crippen LogP contribution < -0.4 is 10.6 Å². The highest BCUT2D eigenvalue weighted by Gasteiger charge is 2.15. The summed E-state index contributed by atoms with van der Waals surface area (Å²) in [6.07, 6.45) is 7.97. The Kier molecular flexibility index (Phi) is 8.25. The van der Waals surface area contributed by atoms with E-state index in [-0.39, 0.29) is 0 Å². The Bertz CT molecular complexity index is 1160. The molecule has 3 nitrogen and oxygen atoms in total. The van der Waals surface area contributed by atoms with Gasteiger partial charge in [0.2, 0.25) is 0 Å². The van der Waals surface area contributed by atoms with Gasteiger partial charge in [-0.25, -0.2) is 4.98 Å². The molecule has 3 aromatic carbocycles. The van der Waals surface area contributed by atoms with Crippen molar-refractivity contribution in [3.8, 4) is 11.3 Å². The van der Waals surface area contributed by atoms with Crippen LogP contribution in [0.1, 0.15) is 59.7 Å². The normalized spacial score (nSPS) is 14.2. The summed E-state index contributed by atoms with van der Waals surface area (Å²) in [5.41, 5.74) is 7.62. The number of hydrogen-bond acceptors (Lipinski definition) is 4. The molecule has 0 atom stereocenters. The molecule has 1 saturated carbocycles. The minimum absolute atomic E-state index is 0.786. The van der Waals surface area contributed by atoms with Crippen molar-refractivity contribution in [2.75, 3.05) is 11.9 Å². The van der Waals surface area contributed by atoms with Crippen molar-refractivity contribution < 1.29 is 0 Å². The Morgan fingerprint density at radius 1 is 0.771 bits per heavy atom. The van der Waals surface area contributed by atoms with E-state index in [2.05, 4.69) is 88.8 Å². The molecule has 1 aliphatic rings. The fourth-order valence-electron chi connectivity index (χ4n) is 4.94. The monoisotopic (exact) mass is 481 g/mol. The van der Waals surface area contributed by atoms with Crippen LogP contribution in [0.25, 0.3) is 11.3 Å². The van der Waals surface area contributed by atoms with Crippen molar-refractivity contribution in [3.63, 3.8) is 0 Å². The lowest BCUT2D eigenvalue weighted by Gasteiger charge is -2.22. The minimum atomic E-state index is 0.786. The van der Waals surface area contributed by atoms with Crippen LogP contribution in [0.2, 0.25) is 0 Å². The zero-order valence-corrected chi connectivity index (χ0v) is 21.2. The molecule has 4 heteroatoms. The minimum Gasteiger partial charge on any atom is -0.385 e. The van der Waals surface area contributed by atoms with E-state index in [1.165, 1.54) is 54.4 Å². The zero-order valence-electron chi connectivity index (χ0n) is 20.4. The molecule has 0 amide bonds. The van der Waals surface area contributed by atoms with Crippen molar-refractivity contribution in [1.29, 1.82) is 0 Å². The van der Waals surface area contributed by atoms with E-state index in [9.17, 15) is 0 Å². The maximum Gasteiger partial charge on any atom is 0.107 e. The molecular weight excluding hydrogens is 446 g/mol. The molecule has 1 heterocycles. The van der Waals surface area contributed by atoms with Gasteiger partial charge >= 0.3 is 0 Å². The summed E-state index contributed by atoms with van der Waals surface area (Å²) < 4.78 is 0. The second-order valence-corrected chi connectivity index (χ2v) is 10.5. The summed E-state index contributed by atoms with van der Waals surface area (Å²) in [6, 6.07) is 28.5. The average Bonchev–Trinajstić information content (AvgIpc) is 3.40. The number of nitrogens with one attached hydrogen (secondary N) is 2. The topological polar surface area (TPSA) is 37.0 Å². The highest BCUT2D eigenvalue weighted by Crippen LogP contribution is 2.32. The molecule has 0 unspecified atom stereocenters. The highest BCUT2D eigenvalue weighted by atomic mass is 32.1. The van der Waals surface area contributed by atoms with Crippen molar-refractivity contribution >= 4 is 17.0 Å². The SMILES string of the molecule is c1ccc(CNCc2nc(-c3ccc(NCCc4ccc(C5CCCCC5)cc4)cc3)cs2)cc1. The molecule has 5 rings (SSSR count). The van der Waals surface area contributed by atoms with Gasteiger partial charge in [0.05, 0.1) is 5.69 Å². The van der Waals surface area contributed by atoms with Gasteiger partial charge in [0.25, 0.3) is 0 Å². The molecule has 0 radical (unpaired) electrons. The van der Waals surface area contributed by atoms with Crippen LogP contribution in [0.5, 0.6) is 0 Å². The predicted molar refractivity (Wildman–Crippen MR) is 149 cm³/mol. The summed E-state index contributed by atoms with van der Waals surface area (Å²) >= 11 is 1.72. The molecule has 0 aliphatic heterocycles. The maximum atomic E-state index is 4.82. The van der Waals surface area contributed by atoms with E-state index in [0.717, 1.165) is 48.4 Å². The molecule has 35 heavy (non-hydrogen) atoms. The highest BCUT2D eigenvalue weighted by molar-refractivity contribution is 7.09. The quantitative estimate of drug-likeness (QED) is 0.243. The number of rotatable bonds is 10. The first-order chi connectivity index (χ1) is 17.3. The predicted octanol–water partition coefficient (Wildman–Crippen LogP) is 7.80. The second-order valence-electron chi connectivity index (χ2n) is 9.55. The number of thiazole rings is 1. The number of aromatic nitrogens is 1. The molecule has 180 valence electrons. The van der Waals surface area contributed by atoms with Crippen LogP contribution in [0.3, 0.4) is 0 Å². The number of benzene rings is 3. The number of hydrogen-bond donors (Lipinski definition) is 2. The summed E-state index contributed by atoms with van der Waals surface area (Å²) in [6.45, 7) is 2.59. The average molecular weight is 482 g/mol. The lowest BCUT2D eigenvalue weighted by Crippen LogP contribution is -2.12. The van der Waals surface area contributed by atoms with E-state index in [1.807, 2.05) is 6.07 Å². The zero-order chi connectivity index (χ0) is 23.7. The summed E-state index contributed by atoms with van der Waals surface area (Å²) in [7, 11) is 0. The molecule has 1 fully saturated rings. The van der Waals surface area contributed by atoms with E-state index >= 15 is 0 Å². The van der Waals surface area contributed by atoms with Crippen LogP contribution in [0, 0.1) is 0 Å². The lowest BCUT2D eigenvalue weighted by atomic mass is 9.84. The van der Waals surface area contributed by atoms with Crippen molar-refractivity contribution in [3.05, 3.63) is 106 Å². The van der Waals surface area contributed by atoms with Gasteiger partial charge < -0.3 is 10.6 Å². The smallest absolute Gasteiger partial charge is 0.107 e. The van der Waals surface area contributed by atoms with Gasteiger partial charge in [0.15, 0.2) is 0 Å². The molecule has 0 bridgehead atoms. The third kappa shape index (κ3) is 6.81. The Morgan fingerprint density at radius 3 is 2.31 bits per heavy atom. The van der Waals surface area contributed by atoms with Gasteiger partial charge in [-0.3, -0.25) is 0 Å². The van der Waals surface area contributed by atoms with E-state index in [0.29, 0.717) is 0 Å². The molecular formula is C31H35N3S. The van der Waals surface area contributed by atoms with E-state index < -0.39 is 0 Å². The summed E-state index contributed by atoms with van der Waals surface area (Å²) in [5, 5.41) is 10.3. The summed E-state index contributed by atoms with van der Waals surface area (Å²) in [5.74, 6) is 0.786. The Balaban J connectivity index is 1.07. The van der Waals surface area contributed by atoms with Crippen LogP contribution in [-0.2, 0) is 19.5 Å². The third-order valence-electron chi connectivity index (χ3n) is 6.98. The molecule has 0 saturated heterocycles. The van der Waals surface area contributed by atoms with Crippen molar-refractivity contribution in [1.82, 2.24) is 10.3 Å². The van der Waals surface area contributed by atoms with E-state index in [4.69, 9.17) is 4.98 Å². The van der Waals surface area contributed by atoms with Crippen LogP contribution >= 0.6 is 11.3 Å². The van der Waals surface area contributed by atoms with Crippen LogP contribution in [0.15, 0.2) is 84.2 Å². The van der Waals surface area contributed by atoms with Crippen LogP contribution in [0.4, 0.5) is 5.69 Å². The summed E-state index contributed by atoms with van der Waals surface area (Å²) in [4.78, 5) is 4.82. The molecule has 2 N–H and O–H groups in total. The fourth-order valence-corrected chi connectivity index (χ4v) is 5.71. The molecule has 1 aromatic heterocycles. The van der Waals surface area contributed by atoms with Gasteiger partial charge in [-0.2, -0.15) is 0 Å². The van der Waals surface area contributed by atoms with E-state index in [1.54, 1.807) is 11.3 Å². The Morgan fingerprint density at radius 2 is 1.54 bits per heavy atom. The molecule has 4 aromatic rings. The third-order valence-corrected chi connectivity index (χ3v) is 7.83. The molecule has 0 spiro atoms. The largest absolute Gasteiger partial charge is 0.385 e. The first kappa shape index (κ1) is 23.8. The van der Waals surface area contributed by atoms with Crippen molar-refractivity contribution in [2.45, 2.75) is 57.5 Å². The standard InChI is InChI=1S/C31H35N3S/c1-3-7-25(8-4-1)21-32-22-31-34-30(23-35-31)28-15-17-29(18-16-28)33-20-19-24-11-13-27(14-12-24)26-9-5-2-6-10-26/h1,3-4,7-8,11-18,23,26,32-33H,2,5-6,9-10,19-22H2. The van der Waals surface area contributed by atoms with Gasteiger partial charge in [-0.1, -0.05) is 86.0 Å². The lowest BCUT2D eigenvalue weighted by molar-refractivity contribution is 0.443. The van der Waals surface area contributed by atoms with Crippen molar-refractivity contribution in [2.24, 2.45) is 0 Å². The van der Waals surface area contributed by atoms with Gasteiger partial charge in [-0.05, 0) is 54.0 Å². The first-order valence-corrected chi connectivity index (χ1v) is 13.8. The van der Waals surface area contributed by atoms with Gasteiger partial charge in [-0.15, -0.1) is 11.3 Å². The Hall–Kier alpha value is -2.95. The number of nitrogens with zero attached hydrogens (tertiary/aromatic N) is 1. The first-order valence-electron chi connectivity index (χ1n) is 13.0. The Labute approximate surface area is 213 Å². The van der Waals surface area contributed by atoms with Gasteiger partial charge in [0.1, 0.15) is 5.01 Å². The fraction of sp³-hybridized carbons (Fsp3) is 0.323. The van der Waals surface area contributed by atoms with Crippen LogP contribution in [-0.4, -0.2) is 11.5 Å². The maximum absolute atomic E-state index is 4.82. The second kappa shape index (κ2) is 12.1. The molecule has 1 aliphatic carbocycles.